The molecule has 2 saturated heterocycles. The van der Waals surface area contributed by atoms with E-state index in [1.807, 2.05) is 4.90 Å². The monoisotopic (exact) mass is 360 g/mol. The Hall–Kier alpha value is -2.05. The maximum Gasteiger partial charge on any atom is 0.267 e. The number of carbonyl (C=O) groups excluding carboxylic acids is 2. The van der Waals surface area contributed by atoms with Gasteiger partial charge in [0, 0.05) is 49.3 Å². The number of H-pyrrole nitrogens is 2. The first-order valence-electron chi connectivity index (χ1n) is 9.77. The van der Waals surface area contributed by atoms with Crippen molar-refractivity contribution in [2.75, 3.05) is 26.2 Å². The van der Waals surface area contributed by atoms with Gasteiger partial charge < -0.3 is 14.9 Å². The molecule has 0 radical (unpaired) electrons. The lowest BCUT2D eigenvalue weighted by Gasteiger charge is -2.48. The third kappa shape index (κ3) is 3.44. The van der Waals surface area contributed by atoms with Gasteiger partial charge in [-0.25, -0.2) is 0 Å². The third-order valence-corrected chi connectivity index (χ3v) is 6.36. The number of nitrogens with zero attached hydrogens (tertiary/aromatic N) is 2. The Kier molecular flexibility index (Phi) is 4.40. The van der Waals surface area contributed by atoms with Crippen LogP contribution in [-0.2, 0) is 16.0 Å². The zero-order valence-corrected chi connectivity index (χ0v) is 15.5. The molecule has 142 valence electrons. The van der Waals surface area contributed by atoms with E-state index in [9.17, 15) is 14.4 Å². The fourth-order valence-corrected chi connectivity index (χ4v) is 4.58. The second kappa shape index (κ2) is 6.59. The lowest BCUT2D eigenvalue weighted by Crippen LogP contribution is -2.55. The molecule has 1 unspecified atom stereocenters. The molecule has 1 aromatic heterocycles. The zero-order chi connectivity index (χ0) is 18.3. The average molecular weight is 360 g/mol. The van der Waals surface area contributed by atoms with Gasteiger partial charge in [-0.1, -0.05) is 0 Å². The highest BCUT2D eigenvalue weighted by molar-refractivity contribution is 5.79. The minimum Gasteiger partial charge on any atom is -0.342 e. The summed E-state index contributed by atoms with van der Waals surface area (Å²) in [6.45, 7) is 4.95. The molecule has 3 fully saturated rings. The molecule has 1 spiro atoms. The summed E-state index contributed by atoms with van der Waals surface area (Å²) in [7, 11) is 0. The van der Waals surface area contributed by atoms with E-state index < -0.39 is 0 Å². The maximum atomic E-state index is 12.8. The lowest BCUT2D eigenvalue weighted by molar-refractivity contribution is -0.143. The predicted octanol–water partition coefficient (Wildman–Crippen LogP) is 1.20. The van der Waals surface area contributed by atoms with Gasteiger partial charge in [-0.3, -0.25) is 19.5 Å². The molecule has 0 aromatic carbocycles. The summed E-state index contributed by atoms with van der Waals surface area (Å²) in [5, 5.41) is 5.33. The summed E-state index contributed by atoms with van der Waals surface area (Å²) in [6.07, 6.45) is 6.16. The number of carbonyl (C=O) groups is 2. The third-order valence-electron chi connectivity index (χ3n) is 6.36. The Morgan fingerprint density at radius 2 is 2.00 bits per heavy atom. The van der Waals surface area contributed by atoms with E-state index in [4.69, 9.17) is 0 Å². The van der Waals surface area contributed by atoms with E-state index in [-0.39, 0.29) is 29.2 Å². The van der Waals surface area contributed by atoms with Crippen LogP contribution in [0.4, 0.5) is 0 Å². The molecule has 26 heavy (non-hydrogen) atoms. The molecule has 3 aliphatic rings. The van der Waals surface area contributed by atoms with E-state index in [1.165, 1.54) is 12.8 Å². The van der Waals surface area contributed by atoms with Crippen LogP contribution in [0.5, 0.6) is 0 Å². The first-order valence-corrected chi connectivity index (χ1v) is 9.77. The van der Waals surface area contributed by atoms with Gasteiger partial charge in [-0.15, -0.1) is 0 Å². The Bertz CT molecular complexity index is 763. The zero-order valence-electron chi connectivity index (χ0n) is 15.5. The molecule has 1 saturated carbocycles. The summed E-state index contributed by atoms with van der Waals surface area (Å²) >= 11 is 0. The summed E-state index contributed by atoms with van der Waals surface area (Å²) in [6, 6.07) is 0. The van der Waals surface area contributed by atoms with Crippen molar-refractivity contribution in [2.45, 2.75) is 51.9 Å². The van der Waals surface area contributed by atoms with Gasteiger partial charge >= 0.3 is 0 Å². The lowest BCUT2D eigenvalue weighted by atomic mass is 9.73. The van der Waals surface area contributed by atoms with Crippen LogP contribution in [0, 0.1) is 18.3 Å². The van der Waals surface area contributed by atoms with Gasteiger partial charge in [0.25, 0.3) is 5.56 Å². The smallest absolute Gasteiger partial charge is 0.267 e. The Labute approximate surface area is 153 Å². The van der Waals surface area contributed by atoms with E-state index in [1.54, 1.807) is 6.92 Å². The number of hydrogen-bond donors (Lipinski definition) is 2. The summed E-state index contributed by atoms with van der Waals surface area (Å²) in [5.74, 6) is 0.988. The van der Waals surface area contributed by atoms with Crippen molar-refractivity contribution in [1.82, 2.24) is 20.0 Å². The van der Waals surface area contributed by atoms with E-state index in [0.29, 0.717) is 24.4 Å². The van der Waals surface area contributed by atoms with E-state index in [2.05, 4.69) is 15.1 Å². The van der Waals surface area contributed by atoms with Crippen LogP contribution in [0.3, 0.4) is 0 Å². The van der Waals surface area contributed by atoms with Crippen LogP contribution in [0.15, 0.2) is 4.79 Å². The van der Waals surface area contributed by atoms with Crippen molar-refractivity contribution in [1.29, 1.82) is 0 Å². The van der Waals surface area contributed by atoms with Gasteiger partial charge in [0.05, 0.1) is 6.42 Å². The summed E-state index contributed by atoms with van der Waals surface area (Å²) in [5.41, 5.74) is 1.09. The molecule has 2 amide bonds. The second-order valence-corrected chi connectivity index (χ2v) is 8.50. The van der Waals surface area contributed by atoms with Crippen LogP contribution >= 0.6 is 0 Å². The first kappa shape index (κ1) is 17.4. The molecule has 0 bridgehead atoms. The van der Waals surface area contributed by atoms with Gasteiger partial charge in [0.1, 0.15) is 0 Å². The Morgan fingerprint density at radius 1 is 1.19 bits per heavy atom. The minimum atomic E-state index is -0.207. The number of aromatic amines is 2. The Morgan fingerprint density at radius 3 is 2.69 bits per heavy atom. The molecular weight excluding hydrogens is 332 g/mol. The molecule has 4 rings (SSSR count). The highest BCUT2D eigenvalue weighted by Crippen LogP contribution is 2.40. The maximum absolute atomic E-state index is 12.8. The van der Waals surface area contributed by atoms with Crippen LogP contribution < -0.4 is 5.56 Å². The second-order valence-electron chi connectivity index (χ2n) is 8.50. The van der Waals surface area contributed by atoms with Crippen molar-refractivity contribution in [3.8, 4) is 0 Å². The van der Waals surface area contributed by atoms with Crippen LogP contribution in [0.1, 0.15) is 49.8 Å². The number of piperidine rings is 2. The number of amides is 2. The number of aryl methyl sites for hydroxylation is 1. The number of hydrogen-bond acceptors (Lipinski definition) is 3. The fourth-order valence-electron chi connectivity index (χ4n) is 4.58. The number of nitrogens with one attached hydrogen (secondary N) is 2. The molecule has 3 heterocycles. The van der Waals surface area contributed by atoms with Crippen molar-refractivity contribution in [2.24, 2.45) is 11.3 Å². The summed E-state index contributed by atoms with van der Waals surface area (Å²) < 4.78 is 0. The number of aromatic nitrogens is 2. The SMILES string of the molecule is Cc1[nH][nH]c(=O)c1CC(=O)N1CCCC2(CCC(=O)N(CC3CC3)C2)C1. The molecule has 1 atom stereocenters. The predicted molar refractivity (Wildman–Crippen MR) is 96.6 cm³/mol. The van der Waals surface area contributed by atoms with Crippen LogP contribution in [-0.4, -0.2) is 58.0 Å². The largest absolute Gasteiger partial charge is 0.342 e. The molecule has 1 aliphatic carbocycles. The highest BCUT2D eigenvalue weighted by atomic mass is 16.2. The highest BCUT2D eigenvalue weighted by Gasteiger charge is 2.43. The molecule has 7 heteroatoms. The topological polar surface area (TPSA) is 89.3 Å². The van der Waals surface area contributed by atoms with E-state index in [0.717, 1.165) is 44.6 Å². The number of rotatable bonds is 4. The quantitative estimate of drug-likeness (QED) is 0.845. The van der Waals surface area contributed by atoms with Crippen molar-refractivity contribution < 1.29 is 9.59 Å². The molecule has 2 N–H and O–H groups in total. The first-order chi connectivity index (χ1) is 12.5. The minimum absolute atomic E-state index is 0.0166. The normalized spacial score (nSPS) is 26.6. The fraction of sp³-hybridized carbons (Fsp3) is 0.737. The molecule has 7 nitrogen and oxygen atoms in total. The summed E-state index contributed by atoms with van der Waals surface area (Å²) in [4.78, 5) is 40.9. The van der Waals surface area contributed by atoms with Crippen LogP contribution in [0.25, 0.3) is 0 Å². The van der Waals surface area contributed by atoms with Crippen molar-refractivity contribution in [3.05, 3.63) is 21.6 Å². The van der Waals surface area contributed by atoms with E-state index >= 15 is 0 Å². The van der Waals surface area contributed by atoms with Gasteiger partial charge in [-0.05, 0) is 44.9 Å². The molecule has 2 aliphatic heterocycles. The van der Waals surface area contributed by atoms with Crippen molar-refractivity contribution >= 4 is 11.8 Å². The molecular formula is C19H28N4O3. The standard InChI is InChI=1S/C19H28N4O3/c1-13-15(18(26)21-20-13)9-17(25)22-8-2-6-19(11-22)7-5-16(24)23(12-19)10-14-3-4-14/h14H,2-12H2,1H3,(H2,20,21,26). The average Bonchev–Trinajstić information content (AvgIpc) is 3.39. The van der Waals surface area contributed by atoms with Crippen LogP contribution in [0.2, 0.25) is 0 Å². The van der Waals surface area contributed by atoms with Gasteiger partial charge in [0.15, 0.2) is 0 Å². The van der Waals surface area contributed by atoms with Crippen molar-refractivity contribution in [3.63, 3.8) is 0 Å². The van der Waals surface area contributed by atoms with Gasteiger partial charge in [-0.2, -0.15) is 0 Å². The Balaban J connectivity index is 1.43. The number of likely N-dealkylation sites (tertiary alicyclic amines) is 2. The van der Waals surface area contributed by atoms with Gasteiger partial charge in [0.2, 0.25) is 11.8 Å². The molecule has 1 aromatic rings.